The fraction of sp³-hybridized carbons (Fsp3) is 0.227. The van der Waals surface area contributed by atoms with Gasteiger partial charge in [0, 0.05) is 42.8 Å². The molecule has 140 valence electrons. The second-order valence-corrected chi connectivity index (χ2v) is 6.67. The molecule has 0 atom stereocenters. The summed E-state index contributed by atoms with van der Waals surface area (Å²) in [6, 6.07) is 19.1. The Kier molecular flexibility index (Phi) is 4.81. The lowest BCUT2D eigenvalue weighted by Crippen LogP contribution is -2.48. The molecule has 0 N–H and O–H groups in total. The number of anilines is 1. The van der Waals surface area contributed by atoms with E-state index in [2.05, 4.69) is 16.0 Å². The normalized spacial score (nSPS) is 14.0. The van der Waals surface area contributed by atoms with E-state index in [9.17, 15) is 10.1 Å². The fourth-order valence-corrected chi connectivity index (χ4v) is 3.57. The molecular weight excluding hydrogens is 352 g/mol. The lowest BCUT2D eigenvalue weighted by atomic mass is 10.1. The molecule has 0 aliphatic carbocycles. The number of nitriles is 1. The molecule has 1 saturated heterocycles. The molecule has 28 heavy (non-hydrogen) atoms. The molecule has 1 aromatic heterocycles. The first kappa shape index (κ1) is 17.8. The Labute approximate surface area is 163 Å². The van der Waals surface area contributed by atoms with Crippen molar-refractivity contribution in [2.45, 2.75) is 0 Å². The summed E-state index contributed by atoms with van der Waals surface area (Å²) in [7, 11) is 1.59. The zero-order valence-corrected chi connectivity index (χ0v) is 15.6. The number of hydrogen-bond acceptors (Lipinski definition) is 5. The minimum absolute atomic E-state index is 0.0100. The van der Waals surface area contributed by atoms with Crippen molar-refractivity contribution in [1.29, 1.82) is 5.26 Å². The van der Waals surface area contributed by atoms with Crippen LogP contribution in [-0.4, -0.2) is 49.1 Å². The Morgan fingerprint density at radius 1 is 1.07 bits per heavy atom. The van der Waals surface area contributed by atoms with Crippen molar-refractivity contribution in [1.82, 2.24) is 9.88 Å². The number of pyridine rings is 1. The van der Waals surface area contributed by atoms with Crippen LogP contribution in [0.1, 0.15) is 16.1 Å². The number of ether oxygens (including phenoxy) is 1. The summed E-state index contributed by atoms with van der Waals surface area (Å²) in [6.07, 6.45) is 0. The maximum atomic E-state index is 12.8. The molecule has 1 fully saturated rings. The van der Waals surface area contributed by atoms with Crippen LogP contribution in [0.3, 0.4) is 0 Å². The Morgan fingerprint density at radius 2 is 1.86 bits per heavy atom. The Balaban J connectivity index is 1.54. The van der Waals surface area contributed by atoms with Crippen molar-refractivity contribution in [2.75, 3.05) is 38.2 Å². The number of fused-ring (bicyclic) bond motifs is 1. The standard InChI is InChI=1S/C22H20N4O2/c1-28-18-6-4-5-16(13-18)22(27)26-11-9-25(10-12-26)21-14-17(15-23)24-20-8-3-2-7-19(20)21/h2-8,13-14H,9-12H2,1H3. The predicted molar refractivity (Wildman–Crippen MR) is 108 cm³/mol. The SMILES string of the molecule is COc1cccc(C(=O)N2CCN(c3cc(C#N)nc4ccccc34)CC2)c1. The molecule has 6 heteroatoms. The second kappa shape index (κ2) is 7.57. The van der Waals surface area contributed by atoms with Crippen LogP contribution in [0.15, 0.2) is 54.6 Å². The highest BCUT2D eigenvalue weighted by molar-refractivity contribution is 5.95. The molecule has 1 aliphatic rings. The molecule has 0 radical (unpaired) electrons. The molecule has 3 aromatic rings. The van der Waals surface area contributed by atoms with Gasteiger partial charge in [-0.2, -0.15) is 5.26 Å². The third kappa shape index (κ3) is 3.35. The van der Waals surface area contributed by atoms with E-state index in [1.165, 1.54) is 0 Å². The minimum atomic E-state index is 0.0100. The minimum Gasteiger partial charge on any atom is -0.497 e. The van der Waals surface area contributed by atoms with Gasteiger partial charge in [0.05, 0.1) is 12.6 Å². The molecule has 0 spiro atoms. The Bertz CT molecular complexity index is 1070. The molecule has 0 bridgehead atoms. The summed E-state index contributed by atoms with van der Waals surface area (Å²) in [5.74, 6) is 0.688. The van der Waals surface area contributed by atoms with Gasteiger partial charge in [-0.25, -0.2) is 4.98 Å². The van der Waals surface area contributed by atoms with E-state index >= 15 is 0 Å². The van der Waals surface area contributed by atoms with Crippen molar-refractivity contribution in [3.8, 4) is 11.8 Å². The summed E-state index contributed by atoms with van der Waals surface area (Å²) < 4.78 is 5.22. The number of amides is 1. The number of aromatic nitrogens is 1. The molecule has 2 heterocycles. The van der Waals surface area contributed by atoms with Crippen molar-refractivity contribution in [3.63, 3.8) is 0 Å². The average Bonchev–Trinajstić information content (AvgIpc) is 2.78. The number of methoxy groups -OCH3 is 1. The highest BCUT2D eigenvalue weighted by Gasteiger charge is 2.24. The monoisotopic (exact) mass is 372 g/mol. The maximum absolute atomic E-state index is 12.8. The highest BCUT2D eigenvalue weighted by atomic mass is 16.5. The predicted octanol–water partition coefficient (Wildman–Crippen LogP) is 3.08. The van der Waals surface area contributed by atoms with Gasteiger partial charge in [0.15, 0.2) is 0 Å². The molecule has 0 unspecified atom stereocenters. The zero-order chi connectivity index (χ0) is 19.5. The first-order valence-corrected chi connectivity index (χ1v) is 9.18. The summed E-state index contributed by atoms with van der Waals surface area (Å²) in [5, 5.41) is 10.3. The molecule has 0 saturated carbocycles. The van der Waals surface area contributed by atoms with E-state index in [0.29, 0.717) is 43.2 Å². The van der Waals surface area contributed by atoms with Crippen LogP contribution in [-0.2, 0) is 0 Å². The van der Waals surface area contributed by atoms with Gasteiger partial charge in [-0.15, -0.1) is 0 Å². The van der Waals surface area contributed by atoms with Crippen LogP contribution >= 0.6 is 0 Å². The lowest BCUT2D eigenvalue weighted by molar-refractivity contribution is 0.0746. The molecular formula is C22H20N4O2. The second-order valence-electron chi connectivity index (χ2n) is 6.67. The number of hydrogen-bond donors (Lipinski definition) is 0. The first-order valence-electron chi connectivity index (χ1n) is 9.18. The van der Waals surface area contributed by atoms with Gasteiger partial charge in [-0.1, -0.05) is 24.3 Å². The number of rotatable bonds is 3. The van der Waals surface area contributed by atoms with Gasteiger partial charge in [-0.05, 0) is 30.3 Å². The largest absolute Gasteiger partial charge is 0.497 e. The van der Waals surface area contributed by atoms with Crippen LogP contribution < -0.4 is 9.64 Å². The molecule has 4 rings (SSSR count). The number of benzene rings is 2. The number of carbonyl (C=O) groups excluding carboxylic acids is 1. The molecule has 2 aromatic carbocycles. The average molecular weight is 372 g/mol. The van der Waals surface area contributed by atoms with Gasteiger partial charge < -0.3 is 14.5 Å². The van der Waals surface area contributed by atoms with Gasteiger partial charge in [-0.3, -0.25) is 4.79 Å². The van der Waals surface area contributed by atoms with Crippen LogP contribution in [0.5, 0.6) is 5.75 Å². The number of piperazine rings is 1. The summed E-state index contributed by atoms with van der Waals surface area (Å²) >= 11 is 0. The fourth-order valence-electron chi connectivity index (χ4n) is 3.57. The first-order chi connectivity index (χ1) is 13.7. The van der Waals surface area contributed by atoms with Crippen molar-refractivity contribution >= 4 is 22.5 Å². The zero-order valence-electron chi connectivity index (χ0n) is 15.6. The van der Waals surface area contributed by atoms with Crippen LogP contribution in [0.25, 0.3) is 10.9 Å². The van der Waals surface area contributed by atoms with E-state index in [1.54, 1.807) is 13.2 Å². The number of nitrogens with zero attached hydrogens (tertiary/aromatic N) is 4. The van der Waals surface area contributed by atoms with Gasteiger partial charge >= 0.3 is 0 Å². The third-order valence-corrected chi connectivity index (χ3v) is 5.03. The van der Waals surface area contributed by atoms with Crippen molar-refractivity contribution in [2.24, 2.45) is 0 Å². The summed E-state index contributed by atoms with van der Waals surface area (Å²) in [5.41, 5.74) is 2.85. The maximum Gasteiger partial charge on any atom is 0.254 e. The molecule has 6 nitrogen and oxygen atoms in total. The Morgan fingerprint density at radius 3 is 2.61 bits per heavy atom. The van der Waals surface area contributed by atoms with E-state index in [-0.39, 0.29) is 5.91 Å². The lowest BCUT2D eigenvalue weighted by Gasteiger charge is -2.36. The van der Waals surface area contributed by atoms with Gasteiger partial charge in [0.1, 0.15) is 17.5 Å². The van der Waals surface area contributed by atoms with E-state index in [1.807, 2.05) is 53.4 Å². The van der Waals surface area contributed by atoms with E-state index < -0.39 is 0 Å². The highest BCUT2D eigenvalue weighted by Crippen LogP contribution is 2.28. The van der Waals surface area contributed by atoms with Crippen LogP contribution in [0, 0.1) is 11.3 Å². The quantitative estimate of drug-likeness (QED) is 0.707. The summed E-state index contributed by atoms with van der Waals surface area (Å²) in [4.78, 5) is 21.3. The Hall–Kier alpha value is -3.59. The van der Waals surface area contributed by atoms with E-state index in [0.717, 1.165) is 16.6 Å². The van der Waals surface area contributed by atoms with Crippen molar-refractivity contribution < 1.29 is 9.53 Å². The van der Waals surface area contributed by atoms with E-state index in [4.69, 9.17) is 4.74 Å². The smallest absolute Gasteiger partial charge is 0.254 e. The van der Waals surface area contributed by atoms with Crippen LogP contribution in [0.2, 0.25) is 0 Å². The third-order valence-electron chi connectivity index (χ3n) is 5.03. The van der Waals surface area contributed by atoms with Crippen molar-refractivity contribution in [3.05, 3.63) is 65.9 Å². The summed E-state index contributed by atoms with van der Waals surface area (Å²) in [6.45, 7) is 2.65. The molecule has 1 amide bonds. The van der Waals surface area contributed by atoms with Gasteiger partial charge in [0.25, 0.3) is 5.91 Å². The topological polar surface area (TPSA) is 69.5 Å². The molecule has 1 aliphatic heterocycles. The van der Waals surface area contributed by atoms with Crippen LogP contribution in [0.4, 0.5) is 5.69 Å². The number of carbonyl (C=O) groups is 1. The number of para-hydroxylation sites is 1. The van der Waals surface area contributed by atoms with Gasteiger partial charge in [0.2, 0.25) is 0 Å².